The fourth-order valence-electron chi connectivity index (χ4n) is 2.84. The van der Waals surface area contributed by atoms with Crippen molar-refractivity contribution in [2.24, 2.45) is 0 Å². The van der Waals surface area contributed by atoms with Gasteiger partial charge in [0.15, 0.2) is 17.8 Å². The molecule has 0 saturated carbocycles. The van der Waals surface area contributed by atoms with Gasteiger partial charge in [0.25, 0.3) is 0 Å². The number of hydrogen-bond donors (Lipinski definition) is 0. The first-order valence-corrected chi connectivity index (χ1v) is 8.75. The van der Waals surface area contributed by atoms with Crippen molar-refractivity contribution in [1.82, 2.24) is 9.78 Å². The van der Waals surface area contributed by atoms with Gasteiger partial charge in [-0.05, 0) is 44.5 Å². The SMILES string of the molecule is COc1ccc(-c2ccnn2CC(=O)OC(C)C)cc1OC1CCCO1. The van der Waals surface area contributed by atoms with Gasteiger partial charge in [-0.1, -0.05) is 0 Å². The number of rotatable bonds is 7. The summed E-state index contributed by atoms with van der Waals surface area (Å²) in [5.74, 6) is 0.915. The van der Waals surface area contributed by atoms with Gasteiger partial charge < -0.3 is 18.9 Å². The van der Waals surface area contributed by atoms with Crippen LogP contribution in [0.4, 0.5) is 0 Å². The van der Waals surface area contributed by atoms with E-state index >= 15 is 0 Å². The number of carbonyl (C=O) groups is 1. The van der Waals surface area contributed by atoms with Gasteiger partial charge in [0.2, 0.25) is 0 Å². The molecule has 0 radical (unpaired) electrons. The highest BCUT2D eigenvalue weighted by molar-refractivity contribution is 5.71. The average molecular weight is 360 g/mol. The van der Waals surface area contributed by atoms with Crippen LogP contribution in [0.3, 0.4) is 0 Å². The third kappa shape index (κ3) is 4.35. The molecule has 3 rings (SSSR count). The molecule has 0 N–H and O–H groups in total. The third-order valence-electron chi connectivity index (χ3n) is 3.97. The third-order valence-corrected chi connectivity index (χ3v) is 3.97. The van der Waals surface area contributed by atoms with E-state index in [0.717, 1.165) is 24.1 Å². The minimum absolute atomic E-state index is 0.0501. The predicted molar refractivity (Wildman–Crippen MR) is 95.0 cm³/mol. The molecule has 7 heteroatoms. The van der Waals surface area contributed by atoms with E-state index < -0.39 is 0 Å². The fraction of sp³-hybridized carbons (Fsp3) is 0.474. The number of carbonyl (C=O) groups excluding carboxylic acids is 1. The summed E-state index contributed by atoms with van der Waals surface area (Å²) in [4.78, 5) is 12.0. The lowest BCUT2D eigenvalue weighted by Gasteiger charge is -2.17. The first-order chi connectivity index (χ1) is 12.6. The van der Waals surface area contributed by atoms with E-state index in [9.17, 15) is 4.79 Å². The van der Waals surface area contributed by atoms with E-state index in [1.165, 1.54) is 0 Å². The summed E-state index contributed by atoms with van der Waals surface area (Å²) >= 11 is 0. The highest BCUT2D eigenvalue weighted by Crippen LogP contribution is 2.34. The highest BCUT2D eigenvalue weighted by Gasteiger charge is 2.20. The molecule has 1 fully saturated rings. The molecule has 0 amide bonds. The molecule has 0 bridgehead atoms. The Bertz CT molecular complexity index is 750. The Morgan fingerprint density at radius 1 is 1.35 bits per heavy atom. The Hall–Kier alpha value is -2.54. The minimum Gasteiger partial charge on any atom is -0.493 e. The van der Waals surface area contributed by atoms with Crippen molar-refractivity contribution in [3.63, 3.8) is 0 Å². The molecule has 1 aliphatic rings. The van der Waals surface area contributed by atoms with Gasteiger partial charge >= 0.3 is 5.97 Å². The van der Waals surface area contributed by atoms with Crippen molar-refractivity contribution in [2.45, 2.75) is 45.6 Å². The standard InChI is InChI=1S/C19H24N2O5/c1-13(2)25-18(22)12-21-15(8-9-20-21)14-6-7-16(23-3)17(11-14)26-19-5-4-10-24-19/h6-9,11,13,19H,4-5,10,12H2,1-3H3. The first-order valence-electron chi connectivity index (χ1n) is 8.75. The Balaban J connectivity index is 1.83. The second kappa shape index (κ2) is 8.23. The highest BCUT2D eigenvalue weighted by atomic mass is 16.7. The van der Waals surface area contributed by atoms with Crippen LogP contribution < -0.4 is 9.47 Å². The van der Waals surface area contributed by atoms with Crippen molar-refractivity contribution in [3.8, 4) is 22.8 Å². The second-order valence-corrected chi connectivity index (χ2v) is 6.34. The Labute approximate surface area is 152 Å². The summed E-state index contributed by atoms with van der Waals surface area (Å²) in [5.41, 5.74) is 1.67. The van der Waals surface area contributed by atoms with Gasteiger partial charge in [-0.3, -0.25) is 9.48 Å². The number of benzene rings is 1. The van der Waals surface area contributed by atoms with Crippen LogP contribution in [0.2, 0.25) is 0 Å². The molecule has 1 saturated heterocycles. The topological polar surface area (TPSA) is 71.8 Å². The Morgan fingerprint density at radius 2 is 2.19 bits per heavy atom. The van der Waals surface area contributed by atoms with Gasteiger partial charge in [-0.2, -0.15) is 5.10 Å². The number of methoxy groups -OCH3 is 1. The normalized spacial score (nSPS) is 16.7. The van der Waals surface area contributed by atoms with Crippen molar-refractivity contribution in [3.05, 3.63) is 30.5 Å². The lowest BCUT2D eigenvalue weighted by atomic mass is 10.1. The van der Waals surface area contributed by atoms with Crippen LogP contribution in [0.1, 0.15) is 26.7 Å². The molecule has 0 spiro atoms. The molecule has 1 aromatic carbocycles. The number of aromatic nitrogens is 2. The number of hydrogen-bond acceptors (Lipinski definition) is 6. The molecular formula is C19H24N2O5. The molecule has 0 aliphatic carbocycles. The monoisotopic (exact) mass is 360 g/mol. The largest absolute Gasteiger partial charge is 0.493 e. The summed E-state index contributed by atoms with van der Waals surface area (Å²) in [5, 5.41) is 4.23. The number of ether oxygens (including phenoxy) is 4. The smallest absolute Gasteiger partial charge is 0.328 e. The number of esters is 1. The van der Waals surface area contributed by atoms with E-state index in [1.807, 2.05) is 38.1 Å². The fourth-order valence-corrected chi connectivity index (χ4v) is 2.84. The summed E-state index contributed by atoms with van der Waals surface area (Å²) in [7, 11) is 1.60. The van der Waals surface area contributed by atoms with E-state index in [2.05, 4.69) is 5.10 Å². The van der Waals surface area contributed by atoms with Gasteiger partial charge in [0, 0.05) is 18.2 Å². The van der Waals surface area contributed by atoms with Crippen LogP contribution in [0.5, 0.6) is 11.5 Å². The zero-order chi connectivity index (χ0) is 18.5. The van der Waals surface area contributed by atoms with Crippen molar-refractivity contribution in [2.75, 3.05) is 13.7 Å². The molecule has 7 nitrogen and oxygen atoms in total. The van der Waals surface area contributed by atoms with Gasteiger partial charge in [0.1, 0.15) is 6.54 Å². The lowest BCUT2D eigenvalue weighted by molar-refractivity contribution is -0.148. The van der Waals surface area contributed by atoms with Crippen LogP contribution in [-0.2, 0) is 20.8 Å². The van der Waals surface area contributed by atoms with E-state index in [4.69, 9.17) is 18.9 Å². The van der Waals surface area contributed by atoms with Crippen molar-refractivity contribution in [1.29, 1.82) is 0 Å². The van der Waals surface area contributed by atoms with E-state index in [0.29, 0.717) is 18.1 Å². The van der Waals surface area contributed by atoms with Crippen LogP contribution >= 0.6 is 0 Å². The quantitative estimate of drug-likeness (QED) is 0.707. The van der Waals surface area contributed by atoms with Crippen molar-refractivity contribution >= 4 is 5.97 Å². The Kier molecular flexibility index (Phi) is 5.78. The van der Waals surface area contributed by atoms with Gasteiger partial charge in [-0.15, -0.1) is 0 Å². The number of nitrogens with zero attached hydrogens (tertiary/aromatic N) is 2. The van der Waals surface area contributed by atoms with Crippen LogP contribution in [-0.4, -0.2) is 41.9 Å². The molecule has 1 unspecified atom stereocenters. The zero-order valence-electron chi connectivity index (χ0n) is 15.3. The molecule has 140 valence electrons. The summed E-state index contributed by atoms with van der Waals surface area (Å²) in [6.07, 6.45) is 3.08. The van der Waals surface area contributed by atoms with Crippen LogP contribution in [0.15, 0.2) is 30.5 Å². The molecule has 1 aromatic heterocycles. The molecule has 2 aromatic rings. The van der Waals surface area contributed by atoms with Crippen LogP contribution in [0.25, 0.3) is 11.3 Å². The maximum atomic E-state index is 12.0. The van der Waals surface area contributed by atoms with E-state index in [1.54, 1.807) is 18.0 Å². The molecular weight excluding hydrogens is 336 g/mol. The molecule has 2 heterocycles. The summed E-state index contributed by atoms with van der Waals surface area (Å²) < 4.78 is 23.7. The second-order valence-electron chi connectivity index (χ2n) is 6.34. The van der Waals surface area contributed by atoms with Crippen LogP contribution in [0, 0.1) is 0 Å². The minimum atomic E-state index is -0.325. The van der Waals surface area contributed by atoms with Gasteiger partial charge in [0.05, 0.1) is 25.5 Å². The van der Waals surface area contributed by atoms with Crippen molar-refractivity contribution < 1.29 is 23.7 Å². The van der Waals surface area contributed by atoms with Gasteiger partial charge in [-0.25, -0.2) is 0 Å². The summed E-state index contributed by atoms with van der Waals surface area (Å²) in [6, 6.07) is 7.47. The maximum Gasteiger partial charge on any atom is 0.328 e. The zero-order valence-corrected chi connectivity index (χ0v) is 15.3. The maximum absolute atomic E-state index is 12.0. The lowest BCUT2D eigenvalue weighted by Crippen LogP contribution is -2.18. The average Bonchev–Trinajstić information content (AvgIpc) is 3.26. The van der Waals surface area contributed by atoms with E-state index in [-0.39, 0.29) is 24.9 Å². The molecule has 26 heavy (non-hydrogen) atoms. The predicted octanol–water partition coefficient (Wildman–Crippen LogP) is 3.03. The summed E-state index contributed by atoms with van der Waals surface area (Å²) in [6.45, 7) is 4.39. The molecule has 1 atom stereocenters. The molecule has 1 aliphatic heterocycles. The Morgan fingerprint density at radius 3 is 2.88 bits per heavy atom. The first kappa shape index (κ1) is 18.3.